The monoisotopic (exact) mass is 436 g/mol. The van der Waals surface area contributed by atoms with Gasteiger partial charge in [-0.05, 0) is 28.1 Å². The van der Waals surface area contributed by atoms with Gasteiger partial charge in [0.2, 0.25) is 5.52 Å². The van der Waals surface area contributed by atoms with Gasteiger partial charge in [0, 0.05) is 10.8 Å². The van der Waals surface area contributed by atoms with Gasteiger partial charge in [-0.2, -0.15) is 0 Å². The molecule has 0 radical (unpaired) electrons. The fraction of sp³-hybridized carbons (Fsp3) is 0.0323. The van der Waals surface area contributed by atoms with E-state index in [2.05, 4.69) is 109 Å². The van der Waals surface area contributed by atoms with Crippen molar-refractivity contribution in [2.24, 2.45) is 0 Å². The summed E-state index contributed by atoms with van der Waals surface area (Å²) in [5.41, 5.74) is 7.72. The summed E-state index contributed by atoms with van der Waals surface area (Å²) in [4.78, 5) is 0. The number of hydrogen-bond acceptors (Lipinski definition) is 0. The predicted molar refractivity (Wildman–Crippen MR) is 138 cm³/mol. The predicted octanol–water partition coefficient (Wildman–Crippen LogP) is 4.92. The molecule has 3 aromatic heterocycles. The van der Waals surface area contributed by atoms with Crippen LogP contribution in [0.15, 0.2) is 83.3 Å². The van der Waals surface area contributed by atoms with Gasteiger partial charge in [0.25, 0.3) is 5.58 Å². The van der Waals surface area contributed by atoms with Crippen molar-refractivity contribution in [2.75, 3.05) is 0 Å². The van der Waals surface area contributed by atoms with Crippen molar-refractivity contribution in [1.82, 2.24) is 0 Å². The highest BCUT2D eigenvalue weighted by atomic mass is 16.3. The van der Waals surface area contributed by atoms with Gasteiger partial charge in [-0.25, -0.2) is 4.40 Å². The molecule has 3 nitrogen and oxygen atoms in total. The molecule has 0 fully saturated rings. The van der Waals surface area contributed by atoms with Crippen LogP contribution in [0.5, 0.6) is 0 Å². The molecule has 0 unspecified atom stereocenters. The maximum atomic E-state index is 6.76. The van der Waals surface area contributed by atoms with Gasteiger partial charge in [0.05, 0.1) is 12.3 Å². The smallest absolute Gasteiger partial charge is 0.285 e. The van der Waals surface area contributed by atoms with E-state index >= 15 is 0 Å². The van der Waals surface area contributed by atoms with Crippen LogP contribution in [0, 0.1) is 13.0 Å². The van der Waals surface area contributed by atoms with Crippen molar-refractivity contribution in [2.45, 2.75) is 6.92 Å². The lowest BCUT2D eigenvalue weighted by Gasteiger charge is -2.18. The van der Waals surface area contributed by atoms with Gasteiger partial charge < -0.3 is 0 Å². The molecule has 3 heteroatoms. The minimum atomic E-state index is 0.915. The molecule has 8 rings (SSSR count). The Hall–Kier alpha value is -4.50. The standard InChI is InChI=1S/C31H20N2O/c1-18-14-15-24-29-31(23-12-7-11-22-21-10-5-6-13-25(21)33(29)28(22)23)34-30(24)27(18)26-16-19-8-3-4-9-20(19)17-32(26)2/h3-17H,2H2,1H3. The Labute approximate surface area is 195 Å². The number of furan rings is 1. The van der Waals surface area contributed by atoms with E-state index in [1.807, 2.05) is 4.58 Å². The minimum absolute atomic E-state index is 0.915. The fourth-order valence-electron chi connectivity index (χ4n) is 5.85. The van der Waals surface area contributed by atoms with Crippen molar-refractivity contribution in [1.29, 1.82) is 0 Å². The first-order chi connectivity index (χ1) is 16.7. The summed E-state index contributed by atoms with van der Waals surface area (Å²) < 4.78 is 11.1. The van der Waals surface area contributed by atoms with Crippen LogP contribution in [0.1, 0.15) is 11.1 Å². The summed E-state index contributed by atoms with van der Waals surface area (Å²) in [5, 5.41) is 7.19. The van der Waals surface area contributed by atoms with E-state index in [9.17, 15) is 0 Å². The summed E-state index contributed by atoms with van der Waals surface area (Å²) >= 11 is 0. The number of rotatable bonds is 1. The largest absolute Gasteiger partial charge is 0.328 e. The number of aryl methyl sites for hydroxylation is 1. The van der Waals surface area contributed by atoms with Gasteiger partial charge in [-0.3, -0.25) is 8.99 Å². The van der Waals surface area contributed by atoms with Gasteiger partial charge in [-0.15, -0.1) is 30.3 Å². The number of nitrogens with zero attached hydrogens (tertiary/aromatic N) is 2. The zero-order chi connectivity index (χ0) is 22.6. The van der Waals surface area contributed by atoms with Crippen molar-refractivity contribution >= 4 is 68.3 Å². The lowest BCUT2D eigenvalue weighted by Crippen LogP contribution is -2.33. The summed E-state index contributed by atoms with van der Waals surface area (Å²) in [5.74, 6) is 0. The molecule has 4 aromatic carbocycles. The highest BCUT2D eigenvalue weighted by Crippen LogP contribution is 2.41. The second-order valence-corrected chi connectivity index (χ2v) is 9.23. The van der Waals surface area contributed by atoms with E-state index in [1.165, 1.54) is 37.8 Å². The quantitative estimate of drug-likeness (QED) is 0.203. The van der Waals surface area contributed by atoms with Crippen LogP contribution < -0.4 is 14.8 Å². The zero-order valence-electron chi connectivity index (χ0n) is 18.7. The molecule has 1 aliphatic heterocycles. The molecular formula is C31H20N2O. The zero-order valence-corrected chi connectivity index (χ0v) is 18.7. The first-order valence-electron chi connectivity index (χ1n) is 11.6. The number of para-hydroxylation sites is 2. The molecule has 0 saturated carbocycles. The van der Waals surface area contributed by atoms with Gasteiger partial charge in [0.1, 0.15) is 17.2 Å². The molecule has 160 valence electrons. The maximum Gasteiger partial charge on any atom is 0.328 e. The molecule has 34 heavy (non-hydrogen) atoms. The molecule has 7 aromatic rings. The lowest BCUT2D eigenvalue weighted by atomic mass is 9.96. The summed E-state index contributed by atoms with van der Waals surface area (Å²) in [6.45, 7) is 6.48. The van der Waals surface area contributed by atoms with Gasteiger partial charge in [-0.1, -0.05) is 60.2 Å². The number of aromatic nitrogens is 1. The Morgan fingerprint density at radius 3 is 2.56 bits per heavy atom. The summed E-state index contributed by atoms with van der Waals surface area (Å²) in [7, 11) is 0. The molecule has 0 atom stereocenters. The number of hydrogen-bond donors (Lipinski definition) is 0. The van der Waals surface area contributed by atoms with Crippen LogP contribution in [0.25, 0.3) is 61.5 Å². The highest BCUT2D eigenvalue weighted by molar-refractivity contribution is 6.20. The molecule has 4 heterocycles. The molecule has 0 spiro atoms. The first-order valence-corrected chi connectivity index (χ1v) is 11.6. The topological polar surface area (TPSA) is 18.4 Å². The van der Waals surface area contributed by atoms with E-state index in [1.54, 1.807) is 0 Å². The van der Waals surface area contributed by atoms with Crippen LogP contribution in [0.3, 0.4) is 0 Å². The second kappa shape index (κ2) is 6.09. The summed E-state index contributed by atoms with van der Waals surface area (Å²) in [6, 6.07) is 29.0. The van der Waals surface area contributed by atoms with Gasteiger partial charge in [0.15, 0.2) is 6.04 Å². The third-order valence-electron chi connectivity index (χ3n) is 7.35. The Kier molecular flexibility index (Phi) is 3.22. The van der Waals surface area contributed by atoms with Crippen molar-refractivity contribution < 1.29 is 13.4 Å². The third-order valence-corrected chi connectivity index (χ3v) is 7.35. The third kappa shape index (κ3) is 2.07. The molecule has 0 bridgehead atoms. The number of fused-ring (bicyclic) bond motifs is 9. The van der Waals surface area contributed by atoms with Crippen molar-refractivity contribution in [3.05, 3.63) is 106 Å². The van der Waals surface area contributed by atoms with E-state index in [-0.39, 0.29) is 0 Å². The summed E-state index contributed by atoms with van der Waals surface area (Å²) in [6.07, 6.45) is 4.31. The van der Waals surface area contributed by atoms with Crippen LogP contribution >= 0.6 is 0 Å². The molecule has 0 amide bonds. The normalized spacial score (nSPS) is 13.9. The average Bonchev–Trinajstić information content (AvgIpc) is 3.49. The SMILES string of the molecule is C=[N+]1C=c2ccccc2=C[C-]1c1c(C)ccc2c1[o+][c-]1c3cccc4c5cccc[c-]5[n+](c43)c21. The van der Waals surface area contributed by atoms with E-state index in [0.29, 0.717) is 0 Å². The Bertz CT molecular complexity index is 2110. The van der Waals surface area contributed by atoms with Crippen LogP contribution in [0.4, 0.5) is 0 Å². The lowest BCUT2D eigenvalue weighted by molar-refractivity contribution is -0.443. The van der Waals surface area contributed by atoms with Crippen LogP contribution in [-0.2, 0) is 0 Å². The fourth-order valence-corrected chi connectivity index (χ4v) is 5.85. The average molecular weight is 437 g/mol. The molecule has 1 aliphatic rings. The Balaban J connectivity index is 1.54. The Morgan fingerprint density at radius 1 is 0.824 bits per heavy atom. The molecule has 0 saturated heterocycles. The minimum Gasteiger partial charge on any atom is -0.285 e. The van der Waals surface area contributed by atoms with E-state index < -0.39 is 0 Å². The van der Waals surface area contributed by atoms with Crippen molar-refractivity contribution in [3.8, 4) is 0 Å². The van der Waals surface area contributed by atoms with Crippen LogP contribution in [-0.4, -0.2) is 11.3 Å². The Morgan fingerprint density at radius 2 is 1.65 bits per heavy atom. The van der Waals surface area contributed by atoms with E-state index in [4.69, 9.17) is 4.42 Å². The van der Waals surface area contributed by atoms with Crippen LogP contribution in [0.2, 0.25) is 0 Å². The first kappa shape index (κ1) is 18.0. The van der Waals surface area contributed by atoms with Gasteiger partial charge >= 0.3 is 5.58 Å². The molecule has 0 aliphatic carbocycles. The molecule has 0 N–H and O–H groups in total. The number of benzene rings is 4. The highest BCUT2D eigenvalue weighted by Gasteiger charge is 2.32. The van der Waals surface area contributed by atoms with E-state index in [0.717, 1.165) is 39.1 Å². The molecular weight excluding hydrogens is 416 g/mol. The second-order valence-electron chi connectivity index (χ2n) is 9.23. The maximum absolute atomic E-state index is 6.76. The van der Waals surface area contributed by atoms with Crippen molar-refractivity contribution in [3.63, 3.8) is 0 Å².